The Morgan fingerprint density at radius 3 is 2.59 bits per heavy atom. The molecule has 0 aromatic heterocycles. The van der Waals surface area contributed by atoms with Crippen molar-refractivity contribution in [1.29, 1.82) is 0 Å². The van der Waals surface area contributed by atoms with Gasteiger partial charge in [-0.3, -0.25) is 4.79 Å². The van der Waals surface area contributed by atoms with Crippen molar-refractivity contribution >= 4 is 29.3 Å². The molecule has 8 heteroatoms. The van der Waals surface area contributed by atoms with Crippen LogP contribution in [0.15, 0.2) is 53.6 Å². The van der Waals surface area contributed by atoms with Crippen LogP contribution in [0.3, 0.4) is 0 Å². The molecule has 3 rings (SSSR count). The molecule has 1 aliphatic rings. The number of nitrogens with one attached hydrogen (secondary N) is 1. The van der Waals surface area contributed by atoms with E-state index in [9.17, 15) is 14.0 Å². The van der Waals surface area contributed by atoms with Crippen LogP contribution in [0.25, 0.3) is 0 Å². The van der Waals surface area contributed by atoms with E-state index in [0.717, 1.165) is 5.56 Å². The third-order valence-electron chi connectivity index (χ3n) is 4.65. The van der Waals surface area contributed by atoms with Crippen molar-refractivity contribution in [2.24, 2.45) is 5.10 Å². The quantitative estimate of drug-likeness (QED) is 0.805. The molecule has 0 aliphatic carbocycles. The molecule has 0 fully saturated rings. The van der Waals surface area contributed by atoms with Gasteiger partial charge in [0, 0.05) is 30.6 Å². The number of likely N-dealkylation sites (N-methyl/N-ethyl adjacent to an activating group) is 1. The minimum Gasteiger partial charge on any atom is -0.338 e. The molecule has 1 unspecified atom stereocenters. The van der Waals surface area contributed by atoms with Gasteiger partial charge in [-0.25, -0.2) is 14.2 Å². The Hall–Kier alpha value is -2.93. The number of hydrogen-bond acceptors (Lipinski definition) is 3. The summed E-state index contributed by atoms with van der Waals surface area (Å²) >= 11 is 5.99. The minimum absolute atomic E-state index is 0.149. The third kappa shape index (κ3) is 4.74. The predicted molar refractivity (Wildman–Crippen MR) is 110 cm³/mol. The van der Waals surface area contributed by atoms with Gasteiger partial charge in [-0.1, -0.05) is 41.9 Å². The number of carbonyl (C=O) groups is 2. The lowest BCUT2D eigenvalue weighted by Crippen LogP contribution is -2.43. The van der Waals surface area contributed by atoms with E-state index in [1.807, 2.05) is 12.1 Å². The summed E-state index contributed by atoms with van der Waals surface area (Å²) < 4.78 is 14.3. The molecular weight excluding hydrogens is 395 g/mol. The highest BCUT2D eigenvalue weighted by atomic mass is 35.5. The predicted octanol–water partition coefficient (Wildman–Crippen LogP) is 3.82. The smallest absolute Gasteiger partial charge is 0.317 e. The number of benzene rings is 2. The van der Waals surface area contributed by atoms with Gasteiger partial charge in [0.1, 0.15) is 12.4 Å². The normalized spacial score (nSPS) is 15.8. The summed E-state index contributed by atoms with van der Waals surface area (Å²) in [4.78, 5) is 26.2. The van der Waals surface area contributed by atoms with E-state index in [4.69, 9.17) is 11.6 Å². The van der Waals surface area contributed by atoms with E-state index >= 15 is 0 Å². The van der Waals surface area contributed by atoms with E-state index in [1.165, 1.54) is 23.0 Å². The third-order valence-corrected chi connectivity index (χ3v) is 4.90. The van der Waals surface area contributed by atoms with Crippen molar-refractivity contribution < 1.29 is 14.0 Å². The second-order valence-electron chi connectivity index (χ2n) is 6.73. The number of halogens is 2. The first-order valence-corrected chi connectivity index (χ1v) is 9.67. The number of nitrogens with zero attached hydrogens (tertiary/aromatic N) is 3. The molecule has 0 bridgehead atoms. The molecule has 3 amide bonds. The molecule has 2 aromatic rings. The lowest BCUT2D eigenvalue weighted by atomic mass is 9.98. The van der Waals surface area contributed by atoms with Crippen molar-refractivity contribution in [2.75, 3.05) is 20.1 Å². The van der Waals surface area contributed by atoms with E-state index < -0.39 is 11.9 Å². The second-order valence-corrected chi connectivity index (χ2v) is 7.16. The number of amides is 3. The summed E-state index contributed by atoms with van der Waals surface area (Å²) in [5.41, 5.74) is 1.68. The highest BCUT2D eigenvalue weighted by Gasteiger charge is 2.34. The highest BCUT2D eigenvalue weighted by molar-refractivity contribution is 6.30. The van der Waals surface area contributed by atoms with E-state index in [-0.39, 0.29) is 18.5 Å². The van der Waals surface area contributed by atoms with Gasteiger partial charge in [-0.2, -0.15) is 5.10 Å². The average molecular weight is 417 g/mol. The molecule has 1 heterocycles. The van der Waals surface area contributed by atoms with Crippen molar-refractivity contribution in [3.05, 3.63) is 70.5 Å². The van der Waals surface area contributed by atoms with Crippen LogP contribution in [0.1, 0.15) is 30.5 Å². The first-order valence-electron chi connectivity index (χ1n) is 9.29. The van der Waals surface area contributed by atoms with E-state index in [0.29, 0.717) is 29.3 Å². The zero-order valence-electron chi connectivity index (χ0n) is 16.2. The Morgan fingerprint density at radius 1 is 1.24 bits per heavy atom. The summed E-state index contributed by atoms with van der Waals surface area (Å²) in [7, 11) is 1.54. The molecule has 6 nitrogen and oxygen atoms in total. The van der Waals surface area contributed by atoms with Crippen molar-refractivity contribution in [3.8, 4) is 0 Å². The maximum atomic E-state index is 14.3. The molecule has 1 atom stereocenters. The summed E-state index contributed by atoms with van der Waals surface area (Å²) in [6.45, 7) is 2.11. The standard InChI is InChI=1S/C21H22ClFN4O2/c1-3-24-21(29)26(2)13-20(28)27-19(14-8-10-15(22)11-9-14)12-18(25-27)16-6-4-5-7-17(16)23/h4-11,19H,3,12-13H2,1-2H3,(H,24,29). The first kappa shape index (κ1) is 20.8. The van der Waals surface area contributed by atoms with Crippen LogP contribution in [0.5, 0.6) is 0 Å². The largest absolute Gasteiger partial charge is 0.338 e. The molecule has 0 spiro atoms. The fourth-order valence-corrected chi connectivity index (χ4v) is 3.30. The van der Waals surface area contributed by atoms with Crippen LogP contribution in [0.4, 0.5) is 9.18 Å². The Morgan fingerprint density at radius 2 is 1.93 bits per heavy atom. The Labute approximate surface area is 173 Å². The molecule has 0 radical (unpaired) electrons. The van der Waals surface area contributed by atoms with Crippen molar-refractivity contribution in [1.82, 2.24) is 15.2 Å². The maximum absolute atomic E-state index is 14.3. The topological polar surface area (TPSA) is 65.0 Å². The van der Waals surface area contributed by atoms with Crippen LogP contribution < -0.4 is 5.32 Å². The molecule has 1 aliphatic heterocycles. The number of hydrazone groups is 1. The summed E-state index contributed by atoms with van der Waals surface area (Å²) in [5.74, 6) is -0.750. The minimum atomic E-state index is -0.406. The van der Waals surface area contributed by atoms with Crippen LogP contribution in [0.2, 0.25) is 5.02 Å². The van der Waals surface area contributed by atoms with Gasteiger partial charge in [-0.05, 0) is 30.7 Å². The maximum Gasteiger partial charge on any atom is 0.317 e. The first-order chi connectivity index (χ1) is 13.9. The highest BCUT2D eigenvalue weighted by Crippen LogP contribution is 2.34. The van der Waals surface area contributed by atoms with Crippen molar-refractivity contribution in [3.63, 3.8) is 0 Å². The lowest BCUT2D eigenvalue weighted by molar-refractivity contribution is -0.133. The monoisotopic (exact) mass is 416 g/mol. The summed E-state index contributed by atoms with van der Waals surface area (Å²) in [6.07, 6.45) is 0.360. The van der Waals surface area contributed by atoms with Crippen LogP contribution in [0, 0.1) is 5.82 Å². The Balaban J connectivity index is 1.89. The van der Waals surface area contributed by atoms with Gasteiger partial charge < -0.3 is 10.2 Å². The molecule has 2 aromatic carbocycles. The summed E-state index contributed by atoms with van der Waals surface area (Å²) in [6, 6.07) is 12.7. The SMILES string of the molecule is CCNC(=O)N(C)CC(=O)N1N=C(c2ccccc2F)CC1c1ccc(Cl)cc1. The Bertz CT molecular complexity index is 933. The van der Waals surface area contributed by atoms with Gasteiger partial charge in [0.15, 0.2) is 0 Å². The van der Waals surface area contributed by atoms with E-state index in [2.05, 4.69) is 10.4 Å². The average Bonchev–Trinajstić information content (AvgIpc) is 3.14. The molecule has 0 saturated heterocycles. The molecule has 0 saturated carbocycles. The second kappa shape index (κ2) is 9.05. The van der Waals surface area contributed by atoms with Gasteiger partial charge in [-0.15, -0.1) is 0 Å². The number of urea groups is 1. The van der Waals surface area contributed by atoms with Gasteiger partial charge >= 0.3 is 6.03 Å². The molecule has 152 valence electrons. The van der Waals surface area contributed by atoms with Gasteiger partial charge in [0.25, 0.3) is 5.91 Å². The van der Waals surface area contributed by atoms with Crippen LogP contribution in [-0.4, -0.2) is 47.7 Å². The molecular formula is C21H22ClFN4O2. The van der Waals surface area contributed by atoms with Crippen LogP contribution in [-0.2, 0) is 4.79 Å². The fourth-order valence-electron chi connectivity index (χ4n) is 3.18. The van der Waals surface area contributed by atoms with Gasteiger partial charge in [0.05, 0.1) is 11.8 Å². The summed E-state index contributed by atoms with van der Waals surface area (Å²) in [5, 5.41) is 8.99. The molecule has 1 N–H and O–H groups in total. The number of carbonyl (C=O) groups excluding carboxylic acids is 2. The number of rotatable bonds is 5. The van der Waals surface area contributed by atoms with Gasteiger partial charge in [0.2, 0.25) is 0 Å². The Kier molecular flexibility index (Phi) is 6.49. The fraction of sp³-hybridized carbons (Fsp3) is 0.286. The molecule has 29 heavy (non-hydrogen) atoms. The lowest BCUT2D eigenvalue weighted by Gasteiger charge is -2.25. The van der Waals surface area contributed by atoms with E-state index in [1.54, 1.807) is 37.3 Å². The van der Waals surface area contributed by atoms with Crippen LogP contribution >= 0.6 is 11.6 Å². The zero-order chi connectivity index (χ0) is 21.0. The van der Waals surface area contributed by atoms with Crippen molar-refractivity contribution in [2.45, 2.75) is 19.4 Å². The zero-order valence-corrected chi connectivity index (χ0v) is 17.0. The number of hydrogen-bond donors (Lipinski definition) is 1.